The Labute approximate surface area is 106 Å². The number of anilines is 1. The lowest BCUT2D eigenvalue weighted by Crippen LogP contribution is -2.28. The van der Waals surface area contributed by atoms with Gasteiger partial charge in [0.25, 0.3) is 5.91 Å². The maximum atomic E-state index is 12.1. The number of aromatic nitrogens is 2. The number of carbonyl (C=O) groups excluding carboxylic acids is 1. The fourth-order valence-corrected chi connectivity index (χ4v) is 1.50. The molecule has 1 heterocycles. The van der Waals surface area contributed by atoms with Crippen LogP contribution in [0.2, 0.25) is 0 Å². The minimum Gasteiger partial charge on any atom is -0.396 e. The molecule has 1 amide bonds. The van der Waals surface area contributed by atoms with E-state index in [1.54, 1.807) is 0 Å². The van der Waals surface area contributed by atoms with E-state index in [1.165, 1.54) is 10.9 Å². The van der Waals surface area contributed by atoms with Crippen LogP contribution in [0.1, 0.15) is 16.9 Å². The Morgan fingerprint density at radius 3 is 2.94 bits per heavy atom. The minimum atomic E-state index is -0.537. The summed E-state index contributed by atoms with van der Waals surface area (Å²) in [4.78, 5) is 13.8. The first-order chi connectivity index (χ1) is 8.54. The summed E-state index contributed by atoms with van der Waals surface area (Å²) < 4.78 is 13.5. The molecule has 6 nitrogen and oxygen atoms in total. The molecule has 0 saturated heterocycles. The molecule has 0 saturated carbocycles. The van der Waals surface area contributed by atoms with Crippen molar-refractivity contribution in [1.29, 1.82) is 0 Å². The predicted molar refractivity (Wildman–Crippen MR) is 68.1 cm³/mol. The third-order valence-electron chi connectivity index (χ3n) is 2.39. The smallest absolute Gasteiger partial charge is 0.273 e. The SMILES string of the molecule is CN(C)CCCNC(=O)c1nn(CCF)cc1N. The highest BCUT2D eigenvalue weighted by molar-refractivity contribution is 5.96. The van der Waals surface area contributed by atoms with Crippen LogP contribution < -0.4 is 11.1 Å². The van der Waals surface area contributed by atoms with Gasteiger partial charge in [-0.2, -0.15) is 5.10 Å². The lowest BCUT2D eigenvalue weighted by atomic mass is 10.3. The Bertz CT molecular complexity index is 391. The number of alkyl halides is 1. The molecule has 0 radical (unpaired) electrons. The average Bonchev–Trinajstić information content (AvgIpc) is 2.66. The zero-order valence-electron chi connectivity index (χ0n) is 10.8. The van der Waals surface area contributed by atoms with Gasteiger partial charge in [-0.25, -0.2) is 4.39 Å². The molecule has 3 N–H and O–H groups in total. The highest BCUT2D eigenvalue weighted by Gasteiger charge is 2.14. The van der Waals surface area contributed by atoms with Crippen molar-refractivity contribution in [3.8, 4) is 0 Å². The van der Waals surface area contributed by atoms with Gasteiger partial charge in [0.05, 0.1) is 12.2 Å². The van der Waals surface area contributed by atoms with Gasteiger partial charge in [0.1, 0.15) is 6.67 Å². The number of aryl methyl sites for hydroxylation is 1. The standard InChI is InChI=1S/C11H20FN5O/c1-16(2)6-3-5-14-11(18)10-9(13)8-17(15-10)7-4-12/h8H,3-7,13H2,1-2H3,(H,14,18). The fourth-order valence-electron chi connectivity index (χ4n) is 1.50. The first-order valence-electron chi connectivity index (χ1n) is 5.86. The molecule has 7 heteroatoms. The molecule has 102 valence electrons. The third-order valence-corrected chi connectivity index (χ3v) is 2.39. The van der Waals surface area contributed by atoms with Crippen molar-refractivity contribution in [3.63, 3.8) is 0 Å². The van der Waals surface area contributed by atoms with Crippen LogP contribution in [0.3, 0.4) is 0 Å². The lowest BCUT2D eigenvalue weighted by molar-refractivity contribution is 0.0947. The van der Waals surface area contributed by atoms with Crippen molar-refractivity contribution < 1.29 is 9.18 Å². The number of nitrogens with two attached hydrogens (primary N) is 1. The van der Waals surface area contributed by atoms with Crippen LogP contribution in [-0.2, 0) is 6.54 Å². The Hall–Kier alpha value is -1.63. The molecule has 1 aromatic rings. The van der Waals surface area contributed by atoms with Gasteiger partial charge in [-0.15, -0.1) is 0 Å². The summed E-state index contributed by atoms with van der Waals surface area (Å²) in [6.07, 6.45) is 2.32. The number of amides is 1. The number of hydrogen-bond donors (Lipinski definition) is 2. The van der Waals surface area contributed by atoms with Crippen LogP contribution in [0.5, 0.6) is 0 Å². The highest BCUT2D eigenvalue weighted by Crippen LogP contribution is 2.08. The summed E-state index contributed by atoms with van der Waals surface area (Å²) in [6.45, 7) is 1.03. The molecule has 0 bridgehead atoms. The zero-order valence-corrected chi connectivity index (χ0v) is 10.8. The summed E-state index contributed by atoms with van der Waals surface area (Å²) in [5, 5.41) is 6.68. The number of carbonyl (C=O) groups is 1. The number of nitrogen functional groups attached to an aromatic ring is 1. The van der Waals surface area contributed by atoms with Crippen LogP contribution in [0.4, 0.5) is 10.1 Å². The molecular formula is C11H20FN5O. The second kappa shape index (κ2) is 6.95. The van der Waals surface area contributed by atoms with Crippen molar-refractivity contribution in [3.05, 3.63) is 11.9 Å². The van der Waals surface area contributed by atoms with Gasteiger partial charge in [0.15, 0.2) is 5.69 Å². The Morgan fingerprint density at radius 2 is 2.33 bits per heavy atom. The van der Waals surface area contributed by atoms with E-state index in [0.717, 1.165) is 13.0 Å². The molecule has 0 unspecified atom stereocenters. The van der Waals surface area contributed by atoms with Crippen LogP contribution in [0.15, 0.2) is 6.20 Å². The molecule has 18 heavy (non-hydrogen) atoms. The molecule has 0 fully saturated rings. The monoisotopic (exact) mass is 257 g/mol. The van der Waals surface area contributed by atoms with E-state index in [9.17, 15) is 9.18 Å². The van der Waals surface area contributed by atoms with Crippen molar-refractivity contribution in [2.75, 3.05) is 39.6 Å². The largest absolute Gasteiger partial charge is 0.396 e. The van der Waals surface area contributed by atoms with Crippen molar-refractivity contribution in [1.82, 2.24) is 20.0 Å². The summed E-state index contributed by atoms with van der Waals surface area (Å²) in [5.74, 6) is -0.316. The number of rotatable bonds is 7. The van der Waals surface area contributed by atoms with E-state index in [1.807, 2.05) is 19.0 Å². The second-order valence-electron chi connectivity index (χ2n) is 4.30. The van der Waals surface area contributed by atoms with Gasteiger partial charge in [0, 0.05) is 12.7 Å². The first kappa shape index (κ1) is 14.4. The molecule has 1 aromatic heterocycles. The fraction of sp³-hybridized carbons (Fsp3) is 0.636. The predicted octanol–water partition coefficient (Wildman–Crippen LogP) is 0.116. The Morgan fingerprint density at radius 1 is 1.61 bits per heavy atom. The molecular weight excluding hydrogens is 237 g/mol. The van der Waals surface area contributed by atoms with Crippen LogP contribution in [0.25, 0.3) is 0 Å². The lowest BCUT2D eigenvalue weighted by Gasteiger charge is -2.09. The van der Waals surface area contributed by atoms with Crippen LogP contribution >= 0.6 is 0 Å². The summed E-state index contributed by atoms with van der Waals surface area (Å²) >= 11 is 0. The van der Waals surface area contributed by atoms with Gasteiger partial charge in [-0.1, -0.05) is 0 Å². The number of nitrogens with zero attached hydrogens (tertiary/aromatic N) is 3. The van der Waals surface area contributed by atoms with Crippen LogP contribution in [0, 0.1) is 0 Å². The van der Waals surface area contributed by atoms with Gasteiger partial charge in [-0.05, 0) is 27.1 Å². The Kier molecular flexibility index (Phi) is 5.57. The van der Waals surface area contributed by atoms with E-state index >= 15 is 0 Å². The van der Waals surface area contributed by atoms with Gasteiger partial charge in [0.2, 0.25) is 0 Å². The average molecular weight is 257 g/mol. The zero-order chi connectivity index (χ0) is 13.5. The van der Waals surface area contributed by atoms with Gasteiger partial charge >= 0.3 is 0 Å². The maximum absolute atomic E-state index is 12.1. The molecule has 0 spiro atoms. The van der Waals surface area contributed by atoms with Crippen molar-refractivity contribution in [2.45, 2.75) is 13.0 Å². The summed E-state index contributed by atoms with van der Waals surface area (Å²) in [5.41, 5.74) is 6.08. The molecule has 0 aromatic carbocycles. The molecule has 0 aliphatic heterocycles. The van der Waals surface area contributed by atoms with E-state index in [4.69, 9.17) is 5.73 Å². The summed E-state index contributed by atoms with van der Waals surface area (Å²) in [7, 11) is 3.94. The second-order valence-corrected chi connectivity index (χ2v) is 4.30. The summed E-state index contributed by atoms with van der Waals surface area (Å²) in [6, 6.07) is 0. The van der Waals surface area contributed by atoms with E-state index in [2.05, 4.69) is 10.4 Å². The minimum absolute atomic E-state index is 0.109. The number of nitrogens with one attached hydrogen (secondary N) is 1. The number of hydrogen-bond acceptors (Lipinski definition) is 4. The first-order valence-corrected chi connectivity index (χ1v) is 5.86. The van der Waals surface area contributed by atoms with E-state index < -0.39 is 6.67 Å². The van der Waals surface area contributed by atoms with Crippen molar-refractivity contribution >= 4 is 11.6 Å². The van der Waals surface area contributed by atoms with E-state index in [0.29, 0.717) is 6.54 Å². The topological polar surface area (TPSA) is 76.2 Å². The highest BCUT2D eigenvalue weighted by atomic mass is 19.1. The maximum Gasteiger partial charge on any atom is 0.273 e. The quantitative estimate of drug-likeness (QED) is 0.680. The van der Waals surface area contributed by atoms with Crippen LogP contribution in [-0.4, -0.2) is 54.4 Å². The molecule has 1 rings (SSSR count). The van der Waals surface area contributed by atoms with Crippen molar-refractivity contribution in [2.24, 2.45) is 0 Å². The van der Waals surface area contributed by atoms with E-state index in [-0.39, 0.29) is 23.8 Å². The van der Waals surface area contributed by atoms with Gasteiger partial charge in [-0.3, -0.25) is 9.48 Å². The third kappa shape index (κ3) is 4.33. The molecule has 0 aliphatic rings. The van der Waals surface area contributed by atoms with Gasteiger partial charge < -0.3 is 16.0 Å². The number of halogens is 1. The normalized spacial score (nSPS) is 10.9. The molecule has 0 aliphatic carbocycles. The Balaban J connectivity index is 2.45. The molecule has 0 atom stereocenters.